The van der Waals surface area contributed by atoms with Crippen LogP contribution in [-0.2, 0) is 11.2 Å². The number of rotatable bonds is 5. The third kappa shape index (κ3) is 4.68. The van der Waals surface area contributed by atoms with Crippen molar-refractivity contribution >= 4 is 23.4 Å². The zero-order chi connectivity index (χ0) is 20.1. The third-order valence-electron chi connectivity index (χ3n) is 5.11. The average Bonchev–Trinajstić information content (AvgIpc) is 2.77. The summed E-state index contributed by atoms with van der Waals surface area (Å²) in [4.78, 5) is 21.2. The van der Waals surface area contributed by atoms with Crippen LogP contribution in [0.25, 0.3) is 0 Å². The van der Waals surface area contributed by atoms with Crippen molar-refractivity contribution in [2.75, 3.05) is 41.3 Å². The van der Waals surface area contributed by atoms with Gasteiger partial charge in [-0.1, -0.05) is 30.3 Å². The number of pyridine rings is 1. The molecule has 1 aromatic carbocycles. The van der Waals surface area contributed by atoms with Crippen molar-refractivity contribution in [3.8, 4) is 0 Å². The molecule has 29 heavy (non-hydrogen) atoms. The summed E-state index contributed by atoms with van der Waals surface area (Å²) in [6.45, 7) is 5.47. The van der Waals surface area contributed by atoms with Crippen molar-refractivity contribution in [2.45, 2.75) is 13.3 Å². The largest absolute Gasteiger partial charge is 0.353 e. The zero-order valence-electron chi connectivity index (χ0n) is 16.5. The third-order valence-corrected chi connectivity index (χ3v) is 5.11. The highest BCUT2D eigenvalue weighted by Gasteiger charge is 2.19. The van der Waals surface area contributed by atoms with Crippen LogP contribution in [0.5, 0.6) is 0 Å². The summed E-state index contributed by atoms with van der Waals surface area (Å²) in [6, 6.07) is 17.6. The first-order chi connectivity index (χ1) is 14.2. The van der Waals surface area contributed by atoms with Gasteiger partial charge in [-0.3, -0.25) is 4.79 Å². The Morgan fingerprint density at radius 2 is 1.62 bits per heavy atom. The van der Waals surface area contributed by atoms with Gasteiger partial charge in [-0.25, -0.2) is 4.98 Å². The molecule has 0 saturated carbocycles. The van der Waals surface area contributed by atoms with E-state index in [2.05, 4.69) is 30.3 Å². The second kappa shape index (κ2) is 8.68. The van der Waals surface area contributed by atoms with E-state index < -0.39 is 0 Å². The molecule has 0 spiro atoms. The first-order valence-corrected chi connectivity index (χ1v) is 9.78. The summed E-state index contributed by atoms with van der Waals surface area (Å²) in [5.74, 6) is 2.21. The van der Waals surface area contributed by atoms with E-state index in [4.69, 9.17) is 0 Å². The molecule has 7 heteroatoms. The van der Waals surface area contributed by atoms with Crippen LogP contribution in [0, 0.1) is 6.92 Å². The summed E-state index contributed by atoms with van der Waals surface area (Å²) < 4.78 is 0. The van der Waals surface area contributed by atoms with E-state index in [9.17, 15) is 4.79 Å². The Morgan fingerprint density at radius 3 is 2.28 bits per heavy atom. The molecule has 1 aliphatic heterocycles. The predicted molar refractivity (Wildman–Crippen MR) is 114 cm³/mol. The number of hydrogen-bond acceptors (Lipinski definition) is 6. The average molecular weight is 388 g/mol. The number of anilines is 3. The number of carbonyl (C=O) groups excluding carboxylic acids is 1. The normalized spacial score (nSPS) is 14.0. The number of amides is 1. The monoisotopic (exact) mass is 388 g/mol. The molecule has 7 nitrogen and oxygen atoms in total. The molecule has 1 aliphatic rings. The van der Waals surface area contributed by atoms with Crippen molar-refractivity contribution < 1.29 is 4.79 Å². The summed E-state index contributed by atoms with van der Waals surface area (Å²) in [7, 11) is 0. The number of nitrogens with one attached hydrogen (secondary N) is 1. The molecule has 1 amide bonds. The van der Waals surface area contributed by atoms with Gasteiger partial charge in [-0.05, 0) is 42.3 Å². The fourth-order valence-electron chi connectivity index (χ4n) is 3.43. The maximum atomic E-state index is 12.3. The Balaban J connectivity index is 1.31. The highest BCUT2D eigenvalue weighted by Crippen LogP contribution is 2.18. The number of piperazine rings is 1. The Labute approximate surface area is 170 Å². The lowest BCUT2D eigenvalue weighted by molar-refractivity contribution is -0.115. The molecule has 0 aliphatic carbocycles. The molecule has 2 aromatic heterocycles. The van der Waals surface area contributed by atoms with E-state index in [1.165, 1.54) is 0 Å². The van der Waals surface area contributed by atoms with E-state index in [-0.39, 0.29) is 5.91 Å². The molecule has 148 valence electrons. The molecule has 0 radical (unpaired) electrons. The van der Waals surface area contributed by atoms with Gasteiger partial charge in [0.15, 0.2) is 11.6 Å². The number of aryl methyl sites for hydroxylation is 1. The fraction of sp³-hybridized carbons (Fsp3) is 0.273. The van der Waals surface area contributed by atoms with Crippen molar-refractivity contribution in [1.82, 2.24) is 15.2 Å². The van der Waals surface area contributed by atoms with Crippen molar-refractivity contribution in [3.63, 3.8) is 0 Å². The van der Waals surface area contributed by atoms with Gasteiger partial charge < -0.3 is 15.1 Å². The SMILES string of the molecule is Cc1ccccc1CC(=O)Nc1ccc(N2CCN(c3ccccn3)CC2)nn1. The lowest BCUT2D eigenvalue weighted by Gasteiger charge is -2.35. The number of aromatic nitrogens is 3. The van der Waals surface area contributed by atoms with Crippen LogP contribution in [0.4, 0.5) is 17.5 Å². The van der Waals surface area contributed by atoms with Gasteiger partial charge in [0.1, 0.15) is 5.82 Å². The Bertz CT molecular complexity index is 953. The molecule has 3 aromatic rings. The summed E-state index contributed by atoms with van der Waals surface area (Å²) in [6.07, 6.45) is 2.14. The van der Waals surface area contributed by atoms with Crippen molar-refractivity contribution in [2.24, 2.45) is 0 Å². The van der Waals surface area contributed by atoms with E-state index in [1.54, 1.807) is 0 Å². The van der Waals surface area contributed by atoms with E-state index in [1.807, 2.05) is 67.7 Å². The van der Waals surface area contributed by atoms with Gasteiger partial charge in [-0.2, -0.15) is 0 Å². The van der Waals surface area contributed by atoms with Gasteiger partial charge in [-0.15, -0.1) is 10.2 Å². The van der Waals surface area contributed by atoms with E-state index in [0.29, 0.717) is 12.2 Å². The summed E-state index contributed by atoms with van der Waals surface area (Å²) in [5, 5.41) is 11.3. The molecule has 3 heterocycles. The Morgan fingerprint density at radius 1 is 0.897 bits per heavy atom. The first kappa shape index (κ1) is 18.9. The molecule has 4 rings (SSSR count). The van der Waals surface area contributed by atoms with Crippen LogP contribution >= 0.6 is 0 Å². The minimum atomic E-state index is -0.0923. The van der Waals surface area contributed by atoms with Gasteiger partial charge in [0.2, 0.25) is 5.91 Å². The van der Waals surface area contributed by atoms with Gasteiger partial charge in [0, 0.05) is 32.4 Å². The van der Waals surface area contributed by atoms with Gasteiger partial charge in [0.25, 0.3) is 0 Å². The molecule has 0 unspecified atom stereocenters. The highest BCUT2D eigenvalue weighted by molar-refractivity contribution is 5.91. The lowest BCUT2D eigenvalue weighted by atomic mass is 10.1. The van der Waals surface area contributed by atoms with Crippen LogP contribution < -0.4 is 15.1 Å². The van der Waals surface area contributed by atoms with E-state index in [0.717, 1.165) is 48.9 Å². The molecule has 1 saturated heterocycles. The van der Waals surface area contributed by atoms with Crippen molar-refractivity contribution in [3.05, 3.63) is 71.9 Å². The molecular weight excluding hydrogens is 364 g/mol. The Hall–Kier alpha value is -3.48. The molecular formula is C22H24N6O. The van der Waals surface area contributed by atoms with E-state index >= 15 is 0 Å². The fourth-order valence-corrected chi connectivity index (χ4v) is 3.43. The van der Waals surface area contributed by atoms with Crippen LogP contribution in [0.1, 0.15) is 11.1 Å². The maximum absolute atomic E-state index is 12.3. The molecule has 0 atom stereocenters. The van der Waals surface area contributed by atoms with Crippen molar-refractivity contribution in [1.29, 1.82) is 0 Å². The molecule has 1 N–H and O–H groups in total. The summed E-state index contributed by atoms with van der Waals surface area (Å²) in [5.41, 5.74) is 2.12. The summed E-state index contributed by atoms with van der Waals surface area (Å²) >= 11 is 0. The van der Waals surface area contributed by atoms with Crippen LogP contribution in [0.2, 0.25) is 0 Å². The Kier molecular flexibility index (Phi) is 5.65. The topological polar surface area (TPSA) is 74.2 Å². The second-order valence-corrected chi connectivity index (χ2v) is 7.09. The molecule has 1 fully saturated rings. The second-order valence-electron chi connectivity index (χ2n) is 7.09. The van der Waals surface area contributed by atoms with Gasteiger partial charge >= 0.3 is 0 Å². The predicted octanol–water partition coefficient (Wildman–Crippen LogP) is 2.69. The minimum absolute atomic E-state index is 0.0923. The zero-order valence-corrected chi connectivity index (χ0v) is 16.5. The standard InChI is InChI=1S/C22H24N6O/c1-17-6-2-3-7-18(17)16-22(29)24-19-9-10-21(26-25-19)28-14-12-27(13-15-28)20-8-4-5-11-23-20/h2-11H,12-16H2,1H3,(H,24,25,29). The van der Waals surface area contributed by atoms with Crippen LogP contribution in [0.3, 0.4) is 0 Å². The molecule has 0 bridgehead atoms. The van der Waals surface area contributed by atoms with Crippen LogP contribution in [-0.4, -0.2) is 47.3 Å². The van der Waals surface area contributed by atoms with Crippen LogP contribution in [0.15, 0.2) is 60.8 Å². The highest BCUT2D eigenvalue weighted by atomic mass is 16.1. The lowest BCUT2D eigenvalue weighted by Crippen LogP contribution is -2.47. The van der Waals surface area contributed by atoms with Gasteiger partial charge in [0.05, 0.1) is 6.42 Å². The minimum Gasteiger partial charge on any atom is -0.353 e. The number of carbonyl (C=O) groups is 1. The smallest absolute Gasteiger partial charge is 0.230 e. The maximum Gasteiger partial charge on any atom is 0.230 e. The number of nitrogens with zero attached hydrogens (tertiary/aromatic N) is 5. The first-order valence-electron chi connectivity index (χ1n) is 9.78. The number of hydrogen-bond donors (Lipinski definition) is 1. The number of benzene rings is 1. The quantitative estimate of drug-likeness (QED) is 0.724.